The number of para-hydroxylation sites is 2. The standard InChI is InChI=1S/2C7H9N.C4H9NO3S.C2H6O2S/c2*1-8-7-5-3-2-4-6-7;1-4(6)5-3-9(7)8-2;1-4-5(2)3/h2*2-6,8H,1H3;3H2,1-2H3,(H,5,6);1-2H3. The van der Waals surface area contributed by atoms with Crippen LogP contribution in [0.1, 0.15) is 6.92 Å². The molecule has 0 aliphatic heterocycles. The Balaban J connectivity index is 0. The van der Waals surface area contributed by atoms with Crippen molar-refractivity contribution in [3.63, 3.8) is 0 Å². The first-order valence-electron chi connectivity index (χ1n) is 8.81. The van der Waals surface area contributed by atoms with Crippen molar-refractivity contribution in [3.8, 4) is 0 Å². The fourth-order valence-electron chi connectivity index (χ4n) is 1.43. The molecule has 1 amide bonds. The molecule has 0 aliphatic carbocycles. The van der Waals surface area contributed by atoms with Crippen molar-refractivity contribution in [1.82, 2.24) is 5.32 Å². The summed E-state index contributed by atoms with van der Waals surface area (Å²) in [5.74, 6) is -0.147. The van der Waals surface area contributed by atoms with E-state index in [0.29, 0.717) is 0 Å². The maximum Gasteiger partial charge on any atom is 0.217 e. The highest BCUT2D eigenvalue weighted by atomic mass is 32.2. The molecule has 2 rings (SSSR count). The molecule has 2 unspecified atom stereocenters. The number of hydrogen-bond acceptors (Lipinski definition) is 7. The van der Waals surface area contributed by atoms with Crippen LogP contribution in [0.15, 0.2) is 60.7 Å². The van der Waals surface area contributed by atoms with Crippen LogP contribution in [-0.4, -0.2) is 54.8 Å². The maximum absolute atomic E-state index is 10.4. The summed E-state index contributed by atoms with van der Waals surface area (Å²) in [4.78, 5) is 10.2. The summed E-state index contributed by atoms with van der Waals surface area (Å²) in [5.41, 5.74) is 2.32. The second-order valence-electron chi connectivity index (χ2n) is 5.15. The van der Waals surface area contributed by atoms with Gasteiger partial charge in [0, 0.05) is 38.6 Å². The molecule has 0 spiro atoms. The zero-order valence-corrected chi connectivity index (χ0v) is 20.0. The first kappa shape index (κ1) is 29.9. The van der Waals surface area contributed by atoms with Crippen molar-refractivity contribution >= 4 is 39.4 Å². The van der Waals surface area contributed by atoms with Crippen molar-refractivity contribution in [2.75, 3.05) is 51.1 Å². The van der Waals surface area contributed by atoms with E-state index < -0.39 is 22.2 Å². The molecule has 3 N–H and O–H groups in total. The average Bonchev–Trinajstić information content (AvgIpc) is 2.79. The molecule has 0 bridgehead atoms. The smallest absolute Gasteiger partial charge is 0.217 e. The van der Waals surface area contributed by atoms with Gasteiger partial charge in [0.2, 0.25) is 5.91 Å². The molecular weight excluding hydrogens is 426 g/mol. The minimum atomic E-state index is -1.38. The van der Waals surface area contributed by atoms with Crippen molar-refractivity contribution in [2.45, 2.75) is 6.92 Å². The Labute approximate surface area is 185 Å². The summed E-state index contributed by atoms with van der Waals surface area (Å²) in [7, 11) is 6.54. The molecule has 30 heavy (non-hydrogen) atoms. The number of anilines is 2. The number of carbonyl (C=O) groups is 1. The van der Waals surface area contributed by atoms with Gasteiger partial charge >= 0.3 is 0 Å². The van der Waals surface area contributed by atoms with E-state index in [0.717, 1.165) is 11.4 Å². The minimum Gasteiger partial charge on any atom is -0.388 e. The highest BCUT2D eigenvalue weighted by molar-refractivity contribution is 7.80. The van der Waals surface area contributed by atoms with Crippen LogP contribution in [0.4, 0.5) is 11.4 Å². The van der Waals surface area contributed by atoms with Crippen molar-refractivity contribution in [3.05, 3.63) is 60.7 Å². The number of rotatable bonds is 6. The van der Waals surface area contributed by atoms with Gasteiger partial charge in [-0.1, -0.05) is 36.4 Å². The molecule has 0 saturated heterocycles. The third kappa shape index (κ3) is 22.0. The monoisotopic (exact) mass is 459 g/mol. The molecule has 0 radical (unpaired) electrons. The van der Waals surface area contributed by atoms with Crippen LogP contribution < -0.4 is 16.0 Å². The van der Waals surface area contributed by atoms with Crippen molar-refractivity contribution < 1.29 is 21.6 Å². The normalized spacial score (nSPS) is 10.9. The van der Waals surface area contributed by atoms with Crippen LogP contribution in [0.25, 0.3) is 0 Å². The number of amides is 1. The van der Waals surface area contributed by atoms with E-state index in [1.807, 2.05) is 74.8 Å². The summed E-state index contributed by atoms with van der Waals surface area (Å²) >= 11 is -2.45. The van der Waals surface area contributed by atoms with E-state index in [1.54, 1.807) is 0 Å². The molecule has 0 fully saturated rings. The van der Waals surface area contributed by atoms with Gasteiger partial charge in [0.15, 0.2) is 22.2 Å². The Morgan fingerprint density at radius 3 is 1.40 bits per heavy atom. The molecule has 2 atom stereocenters. The zero-order chi connectivity index (χ0) is 23.2. The summed E-state index contributed by atoms with van der Waals surface area (Å²) < 4.78 is 28.7. The lowest BCUT2D eigenvalue weighted by Gasteiger charge is -1.97. The zero-order valence-electron chi connectivity index (χ0n) is 18.3. The van der Waals surface area contributed by atoms with Gasteiger partial charge in [-0.2, -0.15) is 0 Å². The molecule has 0 saturated carbocycles. The number of hydrogen-bond donors (Lipinski definition) is 3. The minimum absolute atomic E-state index is 0.0613. The molecule has 10 heteroatoms. The van der Waals surface area contributed by atoms with E-state index in [1.165, 1.54) is 27.4 Å². The number of nitrogens with one attached hydrogen (secondary N) is 3. The van der Waals surface area contributed by atoms with E-state index in [-0.39, 0.29) is 11.8 Å². The van der Waals surface area contributed by atoms with Crippen LogP contribution >= 0.6 is 0 Å². The third-order valence-electron chi connectivity index (χ3n) is 2.98. The predicted molar refractivity (Wildman–Crippen MR) is 127 cm³/mol. The Kier molecular flexibility index (Phi) is 21.4. The lowest BCUT2D eigenvalue weighted by molar-refractivity contribution is -0.118. The Morgan fingerprint density at radius 1 is 0.833 bits per heavy atom. The largest absolute Gasteiger partial charge is 0.388 e. The second kappa shape index (κ2) is 21.4. The lowest BCUT2D eigenvalue weighted by Crippen LogP contribution is -2.24. The van der Waals surface area contributed by atoms with Gasteiger partial charge in [0.1, 0.15) is 5.88 Å². The van der Waals surface area contributed by atoms with Gasteiger partial charge in [0.25, 0.3) is 0 Å². The predicted octanol–water partition coefficient (Wildman–Crippen LogP) is 2.77. The summed E-state index contributed by atoms with van der Waals surface area (Å²) in [5, 5.41) is 8.39. The summed E-state index contributed by atoms with van der Waals surface area (Å²) in [6.07, 6.45) is 1.47. The van der Waals surface area contributed by atoms with E-state index in [9.17, 15) is 13.2 Å². The quantitative estimate of drug-likeness (QED) is 0.610. The summed E-state index contributed by atoms with van der Waals surface area (Å²) in [6.45, 7) is 1.35. The van der Waals surface area contributed by atoms with Gasteiger partial charge in [-0.05, 0) is 24.3 Å². The average molecular weight is 460 g/mol. The Morgan fingerprint density at radius 2 is 1.20 bits per heavy atom. The fourth-order valence-corrected chi connectivity index (χ4v) is 1.87. The lowest BCUT2D eigenvalue weighted by atomic mass is 10.3. The van der Waals surface area contributed by atoms with Crippen molar-refractivity contribution in [1.29, 1.82) is 0 Å². The first-order valence-corrected chi connectivity index (χ1v) is 11.5. The van der Waals surface area contributed by atoms with Crippen LogP contribution in [-0.2, 0) is 35.3 Å². The molecule has 8 nitrogen and oxygen atoms in total. The Bertz CT molecular complexity index is 665. The molecule has 0 aromatic heterocycles. The van der Waals surface area contributed by atoms with Crippen molar-refractivity contribution in [2.24, 2.45) is 0 Å². The third-order valence-corrected chi connectivity index (χ3v) is 4.21. The second-order valence-corrected chi connectivity index (χ2v) is 7.51. The highest BCUT2D eigenvalue weighted by Crippen LogP contribution is 2.02. The highest BCUT2D eigenvalue weighted by Gasteiger charge is 1.95. The Hall–Kier alpha value is -2.27. The molecule has 2 aromatic carbocycles. The van der Waals surface area contributed by atoms with E-state index in [4.69, 9.17) is 0 Å². The number of benzene rings is 2. The fraction of sp³-hybridized carbons (Fsp3) is 0.350. The van der Waals surface area contributed by atoms with Crippen LogP contribution in [0.5, 0.6) is 0 Å². The molecule has 0 aliphatic rings. The van der Waals surface area contributed by atoms with Crippen LogP contribution in [0, 0.1) is 0 Å². The van der Waals surface area contributed by atoms with Gasteiger partial charge in [0.05, 0.1) is 14.2 Å². The van der Waals surface area contributed by atoms with Crippen LogP contribution in [0.3, 0.4) is 0 Å². The molecule has 0 heterocycles. The van der Waals surface area contributed by atoms with Gasteiger partial charge < -0.3 is 16.0 Å². The SMILES string of the molecule is CNc1ccccc1.CNc1ccccc1.COS(=O)CNC(C)=O.COS(C)=O. The van der Waals surface area contributed by atoms with E-state index in [2.05, 4.69) is 24.3 Å². The maximum atomic E-state index is 10.4. The van der Waals surface area contributed by atoms with Crippen LogP contribution in [0.2, 0.25) is 0 Å². The van der Waals surface area contributed by atoms with E-state index >= 15 is 0 Å². The van der Waals surface area contributed by atoms with Gasteiger partial charge in [-0.3, -0.25) is 13.2 Å². The van der Waals surface area contributed by atoms with Gasteiger partial charge in [-0.25, -0.2) is 8.42 Å². The molecule has 170 valence electrons. The van der Waals surface area contributed by atoms with Gasteiger partial charge in [-0.15, -0.1) is 0 Å². The first-order chi connectivity index (χ1) is 14.3. The molecular formula is C20H33N3O5S2. The summed E-state index contributed by atoms with van der Waals surface area (Å²) in [6, 6.07) is 20.1. The number of carbonyl (C=O) groups excluding carboxylic acids is 1. The molecule has 2 aromatic rings. The topological polar surface area (TPSA) is 106 Å².